The lowest BCUT2D eigenvalue weighted by atomic mass is 10.1. The maximum atomic E-state index is 13.1. The van der Waals surface area contributed by atoms with Crippen LogP contribution >= 0.6 is 0 Å². The van der Waals surface area contributed by atoms with E-state index < -0.39 is 12.1 Å². The molecule has 1 saturated heterocycles. The quantitative estimate of drug-likeness (QED) is 0.643. The highest BCUT2D eigenvalue weighted by Crippen LogP contribution is 2.35. The topological polar surface area (TPSA) is 88.1 Å². The van der Waals surface area contributed by atoms with Gasteiger partial charge in [0.15, 0.2) is 6.10 Å². The molecular weight excluding hydrogens is 408 g/mol. The predicted molar refractivity (Wildman–Crippen MR) is 122 cm³/mol. The van der Waals surface area contributed by atoms with Crippen LogP contribution in [0.1, 0.15) is 43.5 Å². The van der Waals surface area contributed by atoms with Crippen LogP contribution in [0.2, 0.25) is 0 Å². The van der Waals surface area contributed by atoms with Crippen molar-refractivity contribution < 1.29 is 24.2 Å². The Bertz CT molecular complexity index is 950. The third-order valence-electron chi connectivity index (χ3n) is 5.83. The molecule has 1 aliphatic heterocycles. The Labute approximate surface area is 188 Å². The zero-order chi connectivity index (χ0) is 22.7. The average molecular weight is 439 g/mol. The number of benzene rings is 2. The fourth-order valence-electron chi connectivity index (χ4n) is 4.15. The SMILES string of the molecule is CC1CN(c2ccc(NC(=O)[C@H](CC3CC3)Oc3ccccc3)c(C(=O)O)c2)C[C@H](C)O1. The van der Waals surface area contributed by atoms with E-state index in [-0.39, 0.29) is 29.4 Å². The van der Waals surface area contributed by atoms with Crippen LogP contribution in [-0.2, 0) is 9.53 Å². The van der Waals surface area contributed by atoms with Gasteiger partial charge in [-0.05, 0) is 56.5 Å². The maximum absolute atomic E-state index is 13.1. The maximum Gasteiger partial charge on any atom is 0.337 e. The van der Waals surface area contributed by atoms with E-state index in [9.17, 15) is 14.7 Å². The summed E-state index contributed by atoms with van der Waals surface area (Å²) in [5, 5.41) is 12.6. The summed E-state index contributed by atoms with van der Waals surface area (Å²) in [6.07, 6.45) is 2.24. The van der Waals surface area contributed by atoms with Crippen LogP contribution in [0, 0.1) is 5.92 Å². The molecule has 1 saturated carbocycles. The molecule has 2 aliphatic rings. The van der Waals surface area contributed by atoms with Crippen molar-refractivity contribution in [1.29, 1.82) is 0 Å². The van der Waals surface area contributed by atoms with Crippen molar-refractivity contribution in [3.8, 4) is 5.75 Å². The summed E-state index contributed by atoms with van der Waals surface area (Å²) in [6.45, 7) is 5.37. The molecule has 1 aliphatic carbocycles. The highest BCUT2D eigenvalue weighted by molar-refractivity contribution is 6.02. The number of hydrogen-bond donors (Lipinski definition) is 2. The number of morpholine rings is 1. The molecule has 3 atom stereocenters. The molecule has 0 bridgehead atoms. The molecule has 2 N–H and O–H groups in total. The summed E-state index contributed by atoms with van der Waals surface area (Å²) >= 11 is 0. The van der Waals surface area contributed by atoms with Crippen LogP contribution in [0.3, 0.4) is 0 Å². The molecule has 1 heterocycles. The van der Waals surface area contributed by atoms with Crippen LogP contribution in [0.25, 0.3) is 0 Å². The number of carbonyl (C=O) groups excluding carboxylic acids is 1. The average Bonchev–Trinajstić information content (AvgIpc) is 3.57. The lowest BCUT2D eigenvalue weighted by Gasteiger charge is -2.37. The number of carbonyl (C=O) groups is 2. The Kier molecular flexibility index (Phi) is 6.65. The molecule has 1 amide bonds. The molecule has 0 aromatic heterocycles. The molecule has 4 rings (SSSR count). The van der Waals surface area contributed by atoms with E-state index in [0.717, 1.165) is 18.5 Å². The Morgan fingerprint density at radius 1 is 1.12 bits per heavy atom. The number of ether oxygens (including phenoxy) is 2. The van der Waals surface area contributed by atoms with Crippen LogP contribution in [-0.4, -0.2) is 48.4 Å². The van der Waals surface area contributed by atoms with Gasteiger partial charge in [0.2, 0.25) is 0 Å². The molecule has 32 heavy (non-hydrogen) atoms. The minimum atomic E-state index is -1.08. The number of carboxylic acids is 1. The molecule has 0 spiro atoms. The minimum absolute atomic E-state index is 0.0599. The van der Waals surface area contributed by atoms with Crippen molar-refractivity contribution in [3.05, 3.63) is 54.1 Å². The second kappa shape index (κ2) is 9.61. The normalized spacial score (nSPS) is 21.6. The summed E-state index contributed by atoms with van der Waals surface area (Å²) in [4.78, 5) is 27.2. The number of aromatic carboxylic acids is 1. The first-order chi connectivity index (χ1) is 15.4. The van der Waals surface area contributed by atoms with E-state index >= 15 is 0 Å². The van der Waals surface area contributed by atoms with E-state index in [2.05, 4.69) is 10.2 Å². The second-order valence-electron chi connectivity index (χ2n) is 8.79. The molecule has 1 unspecified atom stereocenters. The van der Waals surface area contributed by atoms with Crippen LogP contribution in [0.4, 0.5) is 11.4 Å². The number of amides is 1. The van der Waals surface area contributed by atoms with E-state index in [1.165, 1.54) is 0 Å². The van der Waals surface area contributed by atoms with Crippen molar-refractivity contribution in [3.63, 3.8) is 0 Å². The van der Waals surface area contributed by atoms with Gasteiger partial charge in [0.1, 0.15) is 5.75 Å². The summed E-state index contributed by atoms with van der Waals surface area (Å²) in [5.74, 6) is -0.317. The lowest BCUT2D eigenvalue weighted by molar-refractivity contribution is -0.123. The first kappa shape index (κ1) is 22.1. The van der Waals surface area contributed by atoms with Gasteiger partial charge in [0.05, 0.1) is 23.5 Å². The van der Waals surface area contributed by atoms with Crippen molar-refractivity contribution in [2.24, 2.45) is 5.92 Å². The lowest BCUT2D eigenvalue weighted by Crippen LogP contribution is -2.45. The number of anilines is 2. The van der Waals surface area contributed by atoms with Gasteiger partial charge in [0, 0.05) is 18.8 Å². The van der Waals surface area contributed by atoms with E-state index in [1.54, 1.807) is 12.1 Å². The first-order valence-corrected chi connectivity index (χ1v) is 11.2. The fraction of sp³-hybridized carbons (Fsp3) is 0.440. The Balaban J connectivity index is 1.52. The summed E-state index contributed by atoms with van der Waals surface area (Å²) in [7, 11) is 0. The van der Waals surface area contributed by atoms with Gasteiger partial charge in [-0.25, -0.2) is 4.79 Å². The van der Waals surface area contributed by atoms with Crippen molar-refractivity contribution in [2.45, 2.75) is 51.4 Å². The smallest absolute Gasteiger partial charge is 0.337 e. The monoisotopic (exact) mass is 438 g/mol. The van der Waals surface area contributed by atoms with Gasteiger partial charge in [-0.2, -0.15) is 0 Å². The molecule has 7 nitrogen and oxygen atoms in total. The van der Waals surface area contributed by atoms with Gasteiger partial charge in [-0.3, -0.25) is 4.79 Å². The highest BCUT2D eigenvalue weighted by Gasteiger charge is 2.31. The van der Waals surface area contributed by atoms with E-state index in [4.69, 9.17) is 9.47 Å². The van der Waals surface area contributed by atoms with E-state index in [1.807, 2.05) is 50.2 Å². The Morgan fingerprint density at radius 3 is 2.44 bits per heavy atom. The third-order valence-corrected chi connectivity index (χ3v) is 5.83. The minimum Gasteiger partial charge on any atom is -0.481 e. The van der Waals surface area contributed by atoms with Crippen LogP contribution in [0.15, 0.2) is 48.5 Å². The van der Waals surface area contributed by atoms with Gasteiger partial charge in [-0.1, -0.05) is 31.0 Å². The number of para-hydroxylation sites is 1. The van der Waals surface area contributed by atoms with Gasteiger partial charge in [0.25, 0.3) is 5.91 Å². The predicted octanol–water partition coefficient (Wildman–Crippen LogP) is 4.18. The highest BCUT2D eigenvalue weighted by atomic mass is 16.5. The third kappa shape index (κ3) is 5.59. The molecule has 7 heteroatoms. The van der Waals surface area contributed by atoms with Crippen molar-refractivity contribution in [2.75, 3.05) is 23.3 Å². The zero-order valence-corrected chi connectivity index (χ0v) is 18.5. The molecule has 170 valence electrons. The standard InChI is InChI=1S/C25H30N2O5/c1-16-14-27(15-17(2)31-16)19-10-11-22(21(13-19)25(29)30)26-24(28)23(12-18-8-9-18)32-20-6-4-3-5-7-20/h3-7,10-11,13,16-18,23H,8-9,12,14-15H2,1-2H3,(H,26,28)(H,29,30)/t16-,17?,23-/m0/s1. The number of nitrogens with one attached hydrogen (secondary N) is 1. The molecule has 2 aromatic rings. The molecule has 2 fully saturated rings. The number of rotatable bonds is 8. The molecule has 2 aromatic carbocycles. The van der Waals surface area contributed by atoms with Gasteiger partial charge >= 0.3 is 5.97 Å². The zero-order valence-electron chi connectivity index (χ0n) is 18.5. The van der Waals surface area contributed by atoms with Crippen LogP contribution in [0.5, 0.6) is 5.75 Å². The summed E-state index contributed by atoms with van der Waals surface area (Å²) in [5.41, 5.74) is 1.14. The molecular formula is C25H30N2O5. The van der Waals surface area contributed by atoms with Crippen LogP contribution < -0.4 is 15.0 Å². The van der Waals surface area contributed by atoms with Gasteiger partial charge in [-0.15, -0.1) is 0 Å². The van der Waals surface area contributed by atoms with Gasteiger partial charge < -0.3 is 24.8 Å². The summed E-state index contributed by atoms with van der Waals surface area (Å²) in [6, 6.07) is 14.4. The second-order valence-corrected chi connectivity index (χ2v) is 8.79. The molecule has 0 radical (unpaired) electrons. The fourth-order valence-corrected chi connectivity index (χ4v) is 4.15. The number of carboxylic acid groups (broad SMARTS) is 1. The van der Waals surface area contributed by atoms with E-state index in [0.29, 0.717) is 31.2 Å². The Morgan fingerprint density at radius 2 is 1.81 bits per heavy atom. The summed E-state index contributed by atoms with van der Waals surface area (Å²) < 4.78 is 11.7. The first-order valence-electron chi connectivity index (χ1n) is 11.2. The largest absolute Gasteiger partial charge is 0.481 e. The van der Waals surface area contributed by atoms with Crippen molar-refractivity contribution >= 4 is 23.3 Å². The van der Waals surface area contributed by atoms with Crippen molar-refractivity contribution in [1.82, 2.24) is 0 Å². The number of hydrogen-bond acceptors (Lipinski definition) is 5. The Hall–Kier alpha value is -3.06. The number of nitrogens with zero attached hydrogens (tertiary/aromatic N) is 1.